The standard InChI is InChI=1S/C18H10F4N3O4.2Re/c1-2-5-24-11-7-10(9(19)6-12(11)29-17(3-4-17)15(24)27)25-14(26)8-13(18(20,21)22)23-16(25)28;;/h1,5-8H,3-4H2,(H,23,28);;/q-1;;. The number of terminal acetylenes is 1. The van der Waals surface area contributed by atoms with E-state index in [2.05, 4.69) is 5.92 Å². The number of anilines is 1. The summed E-state index contributed by atoms with van der Waals surface area (Å²) >= 11 is 0. The largest absolute Gasteiger partial charge is 0.475 e. The van der Waals surface area contributed by atoms with Crippen LogP contribution in [0.2, 0.25) is 0 Å². The van der Waals surface area contributed by atoms with E-state index in [-0.39, 0.29) is 62.9 Å². The molecule has 7 nitrogen and oxygen atoms in total. The maximum absolute atomic E-state index is 14.7. The quantitative estimate of drug-likeness (QED) is 0.286. The summed E-state index contributed by atoms with van der Waals surface area (Å²) < 4.78 is 58.7. The van der Waals surface area contributed by atoms with Gasteiger partial charge in [-0.25, -0.2) is 13.8 Å². The monoisotopic (exact) mass is 782 g/mol. The van der Waals surface area contributed by atoms with Crippen molar-refractivity contribution in [2.24, 2.45) is 0 Å². The number of H-pyrrole nitrogens is 1. The number of halogens is 4. The van der Waals surface area contributed by atoms with Gasteiger partial charge in [0.1, 0.15) is 11.4 Å². The minimum atomic E-state index is -4.97. The van der Waals surface area contributed by atoms with Crippen LogP contribution in [0.25, 0.3) is 5.69 Å². The van der Waals surface area contributed by atoms with Crippen LogP contribution in [-0.4, -0.2) is 21.1 Å². The number of carbonyl (C=O) groups excluding carboxylic acids is 1. The van der Waals surface area contributed by atoms with Crippen LogP contribution in [0.4, 0.5) is 23.2 Å². The van der Waals surface area contributed by atoms with Gasteiger partial charge in [-0.2, -0.15) is 13.2 Å². The molecule has 1 amide bonds. The number of hydrogen-bond acceptors (Lipinski definition) is 4. The van der Waals surface area contributed by atoms with Gasteiger partial charge in [-0.15, -0.1) is 0 Å². The molecule has 1 aliphatic heterocycles. The Hall–Kier alpha value is -2.36. The van der Waals surface area contributed by atoms with Crippen molar-refractivity contribution in [2.75, 3.05) is 4.90 Å². The van der Waals surface area contributed by atoms with E-state index < -0.39 is 46.1 Å². The number of alkyl halides is 3. The fourth-order valence-corrected chi connectivity index (χ4v) is 3.07. The van der Waals surface area contributed by atoms with Crippen LogP contribution in [0.1, 0.15) is 18.5 Å². The molecule has 1 fully saturated rings. The second-order valence-electron chi connectivity index (χ2n) is 6.50. The van der Waals surface area contributed by atoms with Crippen molar-refractivity contribution in [1.29, 1.82) is 0 Å². The molecule has 0 unspecified atom stereocenters. The van der Waals surface area contributed by atoms with Crippen molar-refractivity contribution < 1.29 is 67.9 Å². The van der Waals surface area contributed by atoms with E-state index in [1.807, 2.05) is 0 Å². The molecule has 2 aromatic rings. The number of benzene rings is 1. The Labute approximate surface area is 199 Å². The summed E-state index contributed by atoms with van der Waals surface area (Å²) in [7, 11) is 0. The van der Waals surface area contributed by atoms with Gasteiger partial charge >= 0.3 is 11.9 Å². The number of nitrogens with zero attached hydrogens (tertiary/aromatic N) is 2. The van der Waals surface area contributed by atoms with E-state index in [0.29, 0.717) is 12.8 Å². The van der Waals surface area contributed by atoms with Crippen molar-refractivity contribution in [3.05, 3.63) is 57.1 Å². The predicted molar refractivity (Wildman–Crippen MR) is 90.8 cm³/mol. The van der Waals surface area contributed by atoms with Crippen molar-refractivity contribution in [3.63, 3.8) is 0 Å². The molecule has 1 N–H and O–H groups in total. The van der Waals surface area contributed by atoms with Gasteiger partial charge in [0, 0.05) is 65.8 Å². The van der Waals surface area contributed by atoms with Crippen LogP contribution in [0.5, 0.6) is 5.75 Å². The second-order valence-corrected chi connectivity index (χ2v) is 6.50. The van der Waals surface area contributed by atoms with E-state index in [4.69, 9.17) is 11.2 Å². The molecule has 0 atom stereocenters. The maximum Gasteiger partial charge on any atom is 0.431 e. The molecule has 31 heavy (non-hydrogen) atoms. The first-order valence-electron chi connectivity index (χ1n) is 8.17. The molecule has 0 saturated heterocycles. The van der Waals surface area contributed by atoms with E-state index in [9.17, 15) is 31.9 Å². The summed E-state index contributed by atoms with van der Waals surface area (Å²) in [5.74, 6) is 0.500. The number of nitrogens with one attached hydrogen (secondary N) is 1. The first-order chi connectivity index (χ1) is 13.6. The molecule has 13 heteroatoms. The Morgan fingerprint density at radius 3 is 2.29 bits per heavy atom. The summed E-state index contributed by atoms with van der Waals surface area (Å²) in [5, 5.41) is 0. The topological polar surface area (TPSA) is 84.4 Å². The van der Waals surface area contributed by atoms with Crippen molar-refractivity contribution >= 4 is 11.6 Å². The van der Waals surface area contributed by atoms with Gasteiger partial charge in [-0.1, -0.05) is 6.54 Å². The van der Waals surface area contributed by atoms with Gasteiger partial charge < -0.3 is 21.0 Å². The Morgan fingerprint density at radius 1 is 1.13 bits per heavy atom. The average molecular weight is 781 g/mol. The Balaban J connectivity index is 0.00000171. The smallest absolute Gasteiger partial charge is 0.431 e. The Bertz CT molecular complexity index is 1180. The van der Waals surface area contributed by atoms with Crippen LogP contribution in [0.3, 0.4) is 0 Å². The number of hydrogen-bond donors (Lipinski definition) is 1. The maximum atomic E-state index is 14.7. The molecule has 2 aliphatic rings. The molecular weight excluding hydrogens is 771 g/mol. The van der Waals surface area contributed by atoms with E-state index in [1.165, 1.54) is 4.98 Å². The molecule has 164 valence electrons. The number of rotatable bonds is 2. The third-order valence-electron chi connectivity index (χ3n) is 4.59. The molecule has 1 aromatic heterocycles. The Morgan fingerprint density at radius 2 is 1.77 bits per heavy atom. The van der Waals surface area contributed by atoms with Gasteiger partial charge in [0.15, 0.2) is 11.4 Å². The molecule has 2 radical (unpaired) electrons. The third kappa shape index (κ3) is 4.09. The second kappa shape index (κ2) is 8.29. The van der Waals surface area contributed by atoms with Crippen LogP contribution in [0.15, 0.2) is 27.8 Å². The first kappa shape index (κ1) is 24.9. The summed E-state index contributed by atoms with van der Waals surface area (Å²) in [6, 6.07) is 1.92. The first-order valence-corrected chi connectivity index (χ1v) is 8.17. The molecule has 0 bridgehead atoms. The van der Waals surface area contributed by atoms with E-state index in [0.717, 1.165) is 23.6 Å². The predicted octanol–water partition coefficient (Wildman–Crippen LogP) is 1.73. The van der Waals surface area contributed by atoms with Crippen LogP contribution in [-0.2, 0) is 51.8 Å². The molecule has 1 saturated carbocycles. The van der Waals surface area contributed by atoms with Crippen LogP contribution < -0.4 is 20.9 Å². The summed E-state index contributed by atoms with van der Waals surface area (Å²) in [5.41, 5.74) is -6.34. The minimum absolute atomic E-state index is 0. The fraction of sp³-hybridized carbons (Fsp3) is 0.222. The van der Waals surface area contributed by atoms with Gasteiger partial charge in [0.25, 0.3) is 11.5 Å². The number of amides is 1. The van der Waals surface area contributed by atoms with Crippen LogP contribution >= 0.6 is 0 Å². The zero-order valence-corrected chi connectivity index (χ0v) is 20.5. The van der Waals surface area contributed by atoms with Crippen molar-refractivity contribution in [3.8, 4) is 23.8 Å². The summed E-state index contributed by atoms with van der Waals surface area (Å²) in [6.45, 7) is 1.07. The minimum Gasteiger partial charge on any atom is -0.475 e. The number of ether oxygens (including phenoxy) is 1. The number of aromatic nitrogens is 2. The normalized spacial score (nSPS) is 15.7. The van der Waals surface area contributed by atoms with Gasteiger partial charge in [-0.05, 0) is 6.07 Å². The SMILES string of the molecule is C#C[CH-]N1C(=O)C2(CC2)Oc2cc(F)c(-n3c(=O)cc(C(F)(F)F)[nH]c3=O)cc21.[Re].[Re]. The molecule has 1 aromatic carbocycles. The average Bonchev–Trinajstić information content (AvgIpc) is 3.39. The number of carbonyl (C=O) groups is 1. The van der Waals surface area contributed by atoms with Gasteiger partial charge in [0.05, 0.1) is 11.4 Å². The Kier molecular flexibility index (Phi) is 6.66. The van der Waals surface area contributed by atoms with Gasteiger partial charge in [-0.3, -0.25) is 15.5 Å². The number of fused-ring (bicyclic) bond motifs is 1. The molecular formula is C18H10F4N3O4Re2-. The molecule has 2 heterocycles. The summed E-state index contributed by atoms with van der Waals surface area (Å²) in [4.78, 5) is 39.4. The zero-order chi connectivity index (χ0) is 21.1. The van der Waals surface area contributed by atoms with Crippen molar-refractivity contribution in [1.82, 2.24) is 9.55 Å². The van der Waals surface area contributed by atoms with Crippen molar-refractivity contribution in [2.45, 2.75) is 24.6 Å². The fourth-order valence-electron chi connectivity index (χ4n) is 3.07. The van der Waals surface area contributed by atoms with E-state index in [1.54, 1.807) is 0 Å². The third-order valence-corrected chi connectivity index (χ3v) is 4.59. The van der Waals surface area contributed by atoms with Gasteiger partial charge in [0.2, 0.25) is 0 Å². The number of aromatic amines is 1. The molecule has 4 rings (SSSR count). The molecule has 1 aliphatic carbocycles. The molecule has 1 spiro atoms. The van der Waals surface area contributed by atoms with E-state index >= 15 is 0 Å². The van der Waals surface area contributed by atoms with Crippen LogP contribution in [0, 0.1) is 24.7 Å². The summed E-state index contributed by atoms with van der Waals surface area (Å²) in [6.07, 6.45) is 1.08. The zero-order valence-electron chi connectivity index (χ0n) is 15.1.